The maximum absolute atomic E-state index is 6.10. The molecule has 1 aliphatic heterocycles. The van der Waals surface area contributed by atoms with E-state index in [4.69, 9.17) is 4.74 Å². The first-order valence-corrected chi connectivity index (χ1v) is 9.60. The second-order valence-electron chi connectivity index (χ2n) is 7.07. The van der Waals surface area contributed by atoms with E-state index in [0.717, 1.165) is 37.3 Å². The topological polar surface area (TPSA) is 38.2 Å². The maximum Gasteiger partial charge on any atom is 0.0892 e. The summed E-state index contributed by atoms with van der Waals surface area (Å²) in [4.78, 5) is 11.0. The number of nitrogens with zero attached hydrogens (tertiary/aromatic N) is 3. The minimum atomic E-state index is 0.287. The first-order chi connectivity index (χ1) is 13.4. The van der Waals surface area contributed by atoms with Crippen LogP contribution in [0.4, 0.5) is 0 Å². The molecular formula is C23H25N3O. The fraction of sp³-hybridized carbons (Fsp3) is 0.304. The molecule has 0 N–H and O–H groups in total. The summed E-state index contributed by atoms with van der Waals surface area (Å²) < 4.78 is 6.10. The standard InChI is InChI=1S/C23H25N3O/c1-2-13-25-22(6-1)18-27-23-7-4-14-26(17-23)16-19-8-10-20(11-9-19)21-5-3-12-24-15-21/h1-3,5-6,8-13,15,23H,4,7,14,16-18H2/t23-/m0/s1. The van der Waals surface area contributed by atoms with E-state index in [1.54, 1.807) is 6.20 Å². The van der Waals surface area contributed by atoms with Crippen molar-refractivity contribution in [2.75, 3.05) is 13.1 Å². The van der Waals surface area contributed by atoms with Gasteiger partial charge in [-0.25, -0.2) is 0 Å². The number of rotatable bonds is 6. The van der Waals surface area contributed by atoms with E-state index in [0.29, 0.717) is 6.61 Å². The van der Waals surface area contributed by atoms with Crippen LogP contribution in [0.1, 0.15) is 24.1 Å². The molecule has 0 spiro atoms. The molecule has 0 unspecified atom stereocenters. The van der Waals surface area contributed by atoms with Crippen LogP contribution >= 0.6 is 0 Å². The van der Waals surface area contributed by atoms with Crippen molar-refractivity contribution in [1.82, 2.24) is 14.9 Å². The summed E-state index contributed by atoms with van der Waals surface area (Å²) >= 11 is 0. The number of aromatic nitrogens is 2. The van der Waals surface area contributed by atoms with Gasteiger partial charge in [-0.15, -0.1) is 0 Å². The molecule has 1 aliphatic rings. The molecule has 138 valence electrons. The number of hydrogen-bond acceptors (Lipinski definition) is 4. The Bertz CT molecular complexity index is 821. The molecule has 3 heterocycles. The number of ether oxygens (including phenoxy) is 1. The van der Waals surface area contributed by atoms with Crippen LogP contribution in [-0.2, 0) is 17.9 Å². The molecule has 4 rings (SSSR count). The summed E-state index contributed by atoms with van der Waals surface area (Å²) in [6.45, 7) is 3.68. The third kappa shape index (κ3) is 5.00. The average molecular weight is 359 g/mol. The number of benzene rings is 1. The van der Waals surface area contributed by atoms with E-state index in [-0.39, 0.29) is 6.10 Å². The monoisotopic (exact) mass is 359 g/mol. The van der Waals surface area contributed by atoms with Crippen molar-refractivity contribution in [2.45, 2.75) is 32.1 Å². The second-order valence-corrected chi connectivity index (χ2v) is 7.07. The summed E-state index contributed by atoms with van der Waals surface area (Å²) in [5.74, 6) is 0. The quantitative estimate of drug-likeness (QED) is 0.657. The SMILES string of the molecule is c1ccc(CO[C@H]2CCCN(Cc3ccc(-c4cccnc4)cc3)C2)nc1. The van der Waals surface area contributed by atoms with Crippen molar-refractivity contribution in [1.29, 1.82) is 0 Å². The van der Waals surface area contributed by atoms with Crippen LogP contribution in [0.3, 0.4) is 0 Å². The van der Waals surface area contributed by atoms with Crippen molar-refractivity contribution in [3.63, 3.8) is 0 Å². The Morgan fingerprint density at radius 3 is 2.67 bits per heavy atom. The summed E-state index contributed by atoms with van der Waals surface area (Å²) in [6, 6.07) is 18.8. The number of likely N-dealkylation sites (tertiary alicyclic amines) is 1. The van der Waals surface area contributed by atoms with Crippen molar-refractivity contribution >= 4 is 0 Å². The zero-order chi connectivity index (χ0) is 18.3. The summed E-state index contributed by atoms with van der Waals surface area (Å²) in [7, 11) is 0. The molecule has 0 aliphatic carbocycles. The Balaban J connectivity index is 1.31. The van der Waals surface area contributed by atoms with Gasteiger partial charge in [-0.1, -0.05) is 36.4 Å². The van der Waals surface area contributed by atoms with Gasteiger partial charge in [-0.05, 0) is 54.3 Å². The van der Waals surface area contributed by atoms with Gasteiger partial charge in [-0.2, -0.15) is 0 Å². The van der Waals surface area contributed by atoms with Gasteiger partial charge in [-0.3, -0.25) is 14.9 Å². The van der Waals surface area contributed by atoms with Gasteiger partial charge in [0, 0.05) is 31.7 Å². The minimum Gasteiger partial charge on any atom is -0.371 e. The van der Waals surface area contributed by atoms with Crippen LogP contribution in [0.2, 0.25) is 0 Å². The number of piperidine rings is 1. The Morgan fingerprint density at radius 2 is 1.89 bits per heavy atom. The van der Waals surface area contributed by atoms with E-state index in [1.165, 1.54) is 17.5 Å². The van der Waals surface area contributed by atoms with Gasteiger partial charge >= 0.3 is 0 Å². The third-order valence-corrected chi connectivity index (χ3v) is 5.01. The molecule has 0 bridgehead atoms. The van der Waals surface area contributed by atoms with Crippen LogP contribution in [0, 0.1) is 0 Å². The Kier molecular flexibility index (Phi) is 5.87. The Hall–Kier alpha value is -2.56. The first kappa shape index (κ1) is 17.8. The van der Waals surface area contributed by atoms with E-state index in [1.807, 2.05) is 36.7 Å². The molecule has 1 atom stereocenters. The molecule has 2 aromatic heterocycles. The fourth-order valence-electron chi connectivity index (χ4n) is 3.57. The summed E-state index contributed by atoms with van der Waals surface area (Å²) in [5.41, 5.74) is 4.71. The Morgan fingerprint density at radius 1 is 0.963 bits per heavy atom. The van der Waals surface area contributed by atoms with Gasteiger partial charge in [0.2, 0.25) is 0 Å². The number of hydrogen-bond donors (Lipinski definition) is 0. The van der Waals surface area contributed by atoms with E-state index in [2.05, 4.69) is 45.2 Å². The van der Waals surface area contributed by atoms with Crippen LogP contribution in [-0.4, -0.2) is 34.1 Å². The largest absolute Gasteiger partial charge is 0.371 e. The fourth-order valence-corrected chi connectivity index (χ4v) is 3.57. The van der Waals surface area contributed by atoms with Crippen molar-refractivity contribution < 1.29 is 4.74 Å². The molecule has 0 radical (unpaired) electrons. The van der Waals surface area contributed by atoms with Crippen LogP contribution in [0.5, 0.6) is 0 Å². The lowest BCUT2D eigenvalue weighted by atomic mass is 10.0. The summed E-state index contributed by atoms with van der Waals surface area (Å²) in [6.07, 6.45) is 8.13. The predicted molar refractivity (Wildman–Crippen MR) is 107 cm³/mol. The lowest BCUT2D eigenvalue weighted by molar-refractivity contribution is -0.0132. The molecule has 4 heteroatoms. The van der Waals surface area contributed by atoms with E-state index in [9.17, 15) is 0 Å². The van der Waals surface area contributed by atoms with E-state index >= 15 is 0 Å². The summed E-state index contributed by atoms with van der Waals surface area (Å²) in [5, 5.41) is 0. The third-order valence-electron chi connectivity index (χ3n) is 5.01. The highest BCUT2D eigenvalue weighted by Crippen LogP contribution is 2.21. The lowest BCUT2D eigenvalue weighted by Gasteiger charge is -2.32. The first-order valence-electron chi connectivity index (χ1n) is 9.60. The van der Waals surface area contributed by atoms with Crippen LogP contribution in [0.15, 0.2) is 73.2 Å². The molecule has 1 aromatic carbocycles. The van der Waals surface area contributed by atoms with Gasteiger partial charge in [0.25, 0.3) is 0 Å². The zero-order valence-electron chi connectivity index (χ0n) is 15.5. The Labute approximate surface area is 160 Å². The number of pyridine rings is 2. The molecule has 27 heavy (non-hydrogen) atoms. The maximum atomic E-state index is 6.10. The highest BCUT2D eigenvalue weighted by molar-refractivity contribution is 5.62. The molecule has 1 fully saturated rings. The molecule has 0 saturated carbocycles. The smallest absolute Gasteiger partial charge is 0.0892 e. The van der Waals surface area contributed by atoms with Crippen LogP contribution in [0.25, 0.3) is 11.1 Å². The molecule has 3 aromatic rings. The van der Waals surface area contributed by atoms with Gasteiger partial charge < -0.3 is 4.74 Å². The van der Waals surface area contributed by atoms with Gasteiger partial charge in [0.15, 0.2) is 0 Å². The zero-order valence-corrected chi connectivity index (χ0v) is 15.5. The predicted octanol–water partition coefficient (Wildman–Crippen LogP) is 4.32. The van der Waals surface area contributed by atoms with E-state index < -0.39 is 0 Å². The minimum absolute atomic E-state index is 0.287. The highest BCUT2D eigenvalue weighted by Gasteiger charge is 2.20. The molecular weight excluding hydrogens is 334 g/mol. The van der Waals surface area contributed by atoms with Crippen molar-refractivity contribution in [2.24, 2.45) is 0 Å². The van der Waals surface area contributed by atoms with Gasteiger partial charge in [0.1, 0.15) is 0 Å². The normalized spacial score (nSPS) is 17.7. The average Bonchev–Trinajstić information content (AvgIpc) is 2.75. The van der Waals surface area contributed by atoms with Crippen LogP contribution < -0.4 is 0 Å². The molecule has 0 amide bonds. The molecule has 4 nitrogen and oxygen atoms in total. The van der Waals surface area contributed by atoms with Gasteiger partial charge in [0.05, 0.1) is 18.4 Å². The van der Waals surface area contributed by atoms with Crippen molar-refractivity contribution in [3.8, 4) is 11.1 Å². The van der Waals surface area contributed by atoms with Crippen molar-refractivity contribution in [3.05, 3.63) is 84.4 Å². The highest BCUT2D eigenvalue weighted by atomic mass is 16.5. The lowest BCUT2D eigenvalue weighted by Crippen LogP contribution is -2.39. The second kappa shape index (κ2) is 8.89. The molecule has 1 saturated heterocycles.